The molecule has 5 rings (SSSR count). The lowest BCUT2D eigenvalue weighted by Gasteiger charge is -2.31. The van der Waals surface area contributed by atoms with E-state index in [1.807, 2.05) is 66.7 Å². The van der Waals surface area contributed by atoms with Gasteiger partial charge in [-0.3, -0.25) is 4.79 Å². The van der Waals surface area contributed by atoms with Gasteiger partial charge in [-0.05, 0) is 65.2 Å². The smallest absolute Gasteiger partial charge is 0.252 e. The summed E-state index contributed by atoms with van der Waals surface area (Å²) in [6.07, 6.45) is -0.0377. The lowest BCUT2D eigenvalue weighted by molar-refractivity contribution is -0.129. The molecule has 2 N–H and O–H groups in total. The summed E-state index contributed by atoms with van der Waals surface area (Å²) in [7, 11) is 0. The van der Waals surface area contributed by atoms with E-state index in [-0.39, 0.29) is 19.6 Å². The van der Waals surface area contributed by atoms with E-state index in [2.05, 4.69) is 21.2 Å². The van der Waals surface area contributed by atoms with Gasteiger partial charge in [0.15, 0.2) is 23.3 Å². The van der Waals surface area contributed by atoms with E-state index in [1.54, 1.807) is 12.1 Å². The van der Waals surface area contributed by atoms with E-state index < -0.39 is 29.2 Å². The van der Waals surface area contributed by atoms with Gasteiger partial charge in [0, 0.05) is 36.0 Å². The van der Waals surface area contributed by atoms with Crippen LogP contribution in [0.3, 0.4) is 0 Å². The Bertz CT molecular complexity index is 1550. The van der Waals surface area contributed by atoms with Crippen molar-refractivity contribution in [1.29, 1.82) is 0 Å². The van der Waals surface area contributed by atoms with Gasteiger partial charge in [0.1, 0.15) is 5.75 Å². The highest BCUT2D eigenvalue weighted by Gasteiger charge is 2.53. The average molecular weight is 636 g/mol. The Balaban J connectivity index is 1.53. The predicted molar refractivity (Wildman–Crippen MR) is 159 cm³/mol. The predicted octanol–water partition coefficient (Wildman–Crippen LogP) is 6.30. The fraction of sp³-hybridized carbons (Fsp3) is 0.212. The first-order valence-electron chi connectivity index (χ1n) is 13.5. The summed E-state index contributed by atoms with van der Waals surface area (Å²) in [5, 5.41) is 11.9. The number of ether oxygens (including phenoxy) is 2. The number of rotatable bonds is 11. The van der Waals surface area contributed by atoms with Crippen LogP contribution in [0.1, 0.15) is 34.8 Å². The number of aliphatic imine (C=N–C) groups is 1. The molecule has 9 heteroatoms. The molecule has 1 heterocycles. The fourth-order valence-corrected chi connectivity index (χ4v) is 5.08. The minimum Gasteiger partial charge on any atom is -0.494 e. The number of hydrogen-bond acceptors (Lipinski definition) is 5. The number of amides is 1. The van der Waals surface area contributed by atoms with Crippen molar-refractivity contribution in [3.8, 4) is 5.75 Å². The molecule has 42 heavy (non-hydrogen) atoms. The minimum atomic E-state index is -1.42. The van der Waals surface area contributed by atoms with Gasteiger partial charge in [-0.15, -0.1) is 0 Å². The van der Waals surface area contributed by atoms with Crippen molar-refractivity contribution in [3.05, 3.63) is 135 Å². The van der Waals surface area contributed by atoms with Crippen LogP contribution in [-0.2, 0) is 22.5 Å². The highest BCUT2D eigenvalue weighted by atomic mass is 79.9. The van der Waals surface area contributed by atoms with Gasteiger partial charge in [-0.1, -0.05) is 64.5 Å². The van der Waals surface area contributed by atoms with Crippen molar-refractivity contribution in [2.45, 2.75) is 31.0 Å². The Morgan fingerprint density at radius 2 is 1.69 bits per heavy atom. The highest BCUT2D eigenvalue weighted by molar-refractivity contribution is 9.10. The molecule has 1 amide bonds. The second-order valence-electron chi connectivity index (χ2n) is 9.93. The fourth-order valence-electron chi connectivity index (χ4n) is 4.81. The molecule has 1 aliphatic heterocycles. The maximum Gasteiger partial charge on any atom is 0.252 e. The first kappa shape index (κ1) is 29.4. The maximum absolute atomic E-state index is 14.2. The maximum atomic E-state index is 14.2. The second kappa shape index (κ2) is 13.3. The number of nitrogens with one attached hydrogen (secondary N) is 1. The van der Waals surface area contributed by atoms with Gasteiger partial charge < -0.3 is 19.9 Å². The largest absolute Gasteiger partial charge is 0.494 e. The zero-order chi connectivity index (χ0) is 29.5. The summed E-state index contributed by atoms with van der Waals surface area (Å²) in [5.74, 6) is -1.42. The Kier molecular flexibility index (Phi) is 9.29. The van der Waals surface area contributed by atoms with Gasteiger partial charge in [-0.2, -0.15) is 0 Å². The molecule has 216 valence electrons. The summed E-state index contributed by atoms with van der Waals surface area (Å²) >= 11 is 3.47. The van der Waals surface area contributed by atoms with Crippen LogP contribution in [-0.4, -0.2) is 35.7 Å². The van der Waals surface area contributed by atoms with E-state index in [0.717, 1.165) is 27.7 Å². The van der Waals surface area contributed by atoms with Gasteiger partial charge in [0.25, 0.3) is 5.91 Å². The number of aliphatic hydroxyl groups excluding tert-OH is 1. The number of aliphatic hydroxyl groups is 1. The molecule has 0 bridgehead atoms. The summed E-state index contributed by atoms with van der Waals surface area (Å²) in [6, 6.07) is 27.8. The first-order valence-corrected chi connectivity index (χ1v) is 14.3. The third-order valence-electron chi connectivity index (χ3n) is 6.96. The van der Waals surface area contributed by atoms with Crippen molar-refractivity contribution in [3.63, 3.8) is 0 Å². The van der Waals surface area contributed by atoms with E-state index >= 15 is 0 Å². The Labute approximate surface area is 251 Å². The zero-order valence-electron chi connectivity index (χ0n) is 22.6. The molecular formula is C33H29BrF2N2O4. The summed E-state index contributed by atoms with van der Waals surface area (Å²) in [5.41, 5.74) is 1.29. The van der Waals surface area contributed by atoms with Gasteiger partial charge >= 0.3 is 0 Å². The van der Waals surface area contributed by atoms with E-state index in [1.165, 1.54) is 6.07 Å². The number of nitrogens with zero attached hydrogens (tertiary/aromatic N) is 1. The minimum absolute atomic E-state index is 0.0235. The molecule has 4 aromatic rings. The van der Waals surface area contributed by atoms with E-state index in [4.69, 9.17) is 19.6 Å². The second-order valence-corrected chi connectivity index (χ2v) is 10.8. The Hall–Kier alpha value is -4.08. The van der Waals surface area contributed by atoms with Crippen LogP contribution in [0.4, 0.5) is 8.78 Å². The van der Waals surface area contributed by atoms with Gasteiger partial charge in [0.2, 0.25) is 5.90 Å². The number of benzene rings is 4. The van der Waals surface area contributed by atoms with Crippen LogP contribution in [0.2, 0.25) is 0 Å². The average Bonchev–Trinajstić information content (AvgIpc) is 3.39. The number of carbonyl (C=O) groups excluding carboxylic acids is 1. The molecule has 6 nitrogen and oxygen atoms in total. The molecule has 0 aliphatic carbocycles. The van der Waals surface area contributed by atoms with Crippen LogP contribution < -0.4 is 10.1 Å². The van der Waals surface area contributed by atoms with Crippen molar-refractivity contribution < 1.29 is 28.2 Å². The van der Waals surface area contributed by atoms with Crippen LogP contribution in [0, 0.1) is 11.6 Å². The monoisotopic (exact) mass is 634 g/mol. The molecule has 0 saturated carbocycles. The van der Waals surface area contributed by atoms with Gasteiger partial charge in [-0.25, -0.2) is 13.8 Å². The lowest BCUT2D eigenvalue weighted by Crippen LogP contribution is -2.49. The Morgan fingerprint density at radius 1 is 0.952 bits per heavy atom. The molecule has 0 spiro atoms. The van der Waals surface area contributed by atoms with Crippen molar-refractivity contribution in [2.24, 2.45) is 4.99 Å². The SMILES string of the molecule is O=C(NCc1ccc(F)c(F)c1)[C@]1(Cc2ccccc2)N=C(c2ccc(OCCCO)cc2)O[C@@H]1c1ccc(Br)cc1. The summed E-state index contributed by atoms with van der Waals surface area (Å²) < 4.78 is 40.4. The van der Waals surface area contributed by atoms with E-state index in [0.29, 0.717) is 35.8 Å². The molecule has 0 aromatic heterocycles. The van der Waals surface area contributed by atoms with Crippen LogP contribution >= 0.6 is 15.9 Å². The van der Waals surface area contributed by atoms with E-state index in [9.17, 15) is 13.6 Å². The standard InChI is InChI=1S/C33H29BrF2N2O4/c34-26-12-8-24(9-13-26)30-33(20-22-5-2-1-3-6-22,32(40)37-21-23-7-16-28(35)29(36)19-23)38-31(42-30)25-10-14-27(15-11-25)41-18-4-17-39/h1-3,5-16,19,30,39H,4,17-18,20-21H2,(H,37,40)/t30-,33-/m1/s1. The molecule has 2 atom stereocenters. The van der Waals surface area contributed by atoms with Crippen molar-refractivity contribution >= 4 is 27.7 Å². The Morgan fingerprint density at radius 3 is 2.38 bits per heavy atom. The van der Waals surface area contributed by atoms with Gasteiger partial charge in [0.05, 0.1) is 6.61 Å². The highest BCUT2D eigenvalue weighted by Crippen LogP contribution is 2.43. The molecule has 0 fully saturated rings. The molecular weight excluding hydrogens is 606 g/mol. The lowest BCUT2D eigenvalue weighted by atomic mass is 9.82. The summed E-state index contributed by atoms with van der Waals surface area (Å²) in [6.45, 7) is 0.406. The molecule has 0 unspecified atom stereocenters. The van der Waals surface area contributed by atoms with Crippen molar-refractivity contribution in [2.75, 3.05) is 13.2 Å². The number of halogens is 3. The number of hydrogen-bond donors (Lipinski definition) is 2. The van der Waals surface area contributed by atoms with Crippen LogP contribution in [0.25, 0.3) is 0 Å². The molecule has 0 radical (unpaired) electrons. The summed E-state index contributed by atoms with van der Waals surface area (Å²) in [4.78, 5) is 19.2. The third kappa shape index (κ3) is 6.69. The quantitative estimate of drug-likeness (QED) is 0.190. The van der Waals surface area contributed by atoms with Crippen LogP contribution in [0.5, 0.6) is 5.75 Å². The number of carbonyl (C=O) groups is 1. The third-order valence-corrected chi connectivity index (χ3v) is 7.48. The van der Waals surface area contributed by atoms with Crippen molar-refractivity contribution in [1.82, 2.24) is 5.32 Å². The molecule has 4 aromatic carbocycles. The molecule has 1 aliphatic rings. The molecule has 0 saturated heterocycles. The topological polar surface area (TPSA) is 80.2 Å². The first-order chi connectivity index (χ1) is 20.4. The van der Waals surface area contributed by atoms with Crippen LogP contribution in [0.15, 0.2) is 107 Å². The normalized spacial score (nSPS) is 17.8. The zero-order valence-corrected chi connectivity index (χ0v) is 24.2.